The van der Waals surface area contributed by atoms with Crippen molar-refractivity contribution in [2.24, 2.45) is 0 Å². The number of benzene rings is 2. The molecule has 2 aliphatic rings. The standard InChI is InChI=1S/C25H31N3O5/c1-28(2)14-24(31)27-17-8-9-21-19(10-17)20-11-18(32-22(15-29)25(20)33-21)12-23(30)26-13-16-6-4-3-5-7-16/h3-10,18,20,22,25,29H,11-15H2,1-2H3,(H,26,30)(H,27,31)/t18-,20+,22+,25-/m1/s1. The molecule has 8 nitrogen and oxygen atoms in total. The number of nitrogens with one attached hydrogen (secondary N) is 2. The average molecular weight is 454 g/mol. The number of aliphatic hydroxyl groups excluding tert-OH is 1. The lowest BCUT2D eigenvalue weighted by atomic mass is 9.84. The van der Waals surface area contributed by atoms with E-state index in [-0.39, 0.29) is 43.0 Å². The van der Waals surface area contributed by atoms with E-state index in [1.165, 1.54) is 0 Å². The zero-order chi connectivity index (χ0) is 23.4. The molecule has 33 heavy (non-hydrogen) atoms. The third-order valence-corrected chi connectivity index (χ3v) is 5.99. The third kappa shape index (κ3) is 5.71. The molecule has 0 radical (unpaired) electrons. The summed E-state index contributed by atoms with van der Waals surface area (Å²) in [4.78, 5) is 26.5. The Hall–Kier alpha value is -2.94. The first-order valence-electron chi connectivity index (χ1n) is 11.2. The number of hydrogen-bond acceptors (Lipinski definition) is 6. The van der Waals surface area contributed by atoms with Gasteiger partial charge in [0.2, 0.25) is 11.8 Å². The Bertz CT molecular complexity index is 981. The molecule has 2 amide bonds. The van der Waals surface area contributed by atoms with Gasteiger partial charge >= 0.3 is 0 Å². The predicted octanol–water partition coefficient (Wildman–Crippen LogP) is 1.89. The lowest BCUT2D eigenvalue weighted by Gasteiger charge is -2.37. The first kappa shape index (κ1) is 23.2. The lowest BCUT2D eigenvalue weighted by molar-refractivity contribution is -0.142. The zero-order valence-corrected chi connectivity index (χ0v) is 19.0. The second kappa shape index (κ2) is 10.3. The van der Waals surface area contributed by atoms with Crippen molar-refractivity contribution in [3.05, 3.63) is 59.7 Å². The molecule has 0 bridgehead atoms. The van der Waals surface area contributed by atoms with Crippen LogP contribution in [0.4, 0.5) is 5.69 Å². The Kier molecular flexibility index (Phi) is 7.27. The van der Waals surface area contributed by atoms with E-state index in [2.05, 4.69) is 10.6 Å². The van der Waals surface area contributed by atoms with Gasteiger partial charge < -0.3 is 30.1 Å². The molecule has 3 N–H and O–H groups in total. The molecule has 1 fully saturated rings. The van der Waals surface area contributed by atoms with E-state index in [9.17, 15) is 14.7 Å². The fraction of sp³-hybridized carbons (Fsp3) is 0.440. The SMILES string of the molecule is CN(C)CC(=O)Nc1ccc2c(c1)[C@@H]1C[C@H](CC(=O)NCc3ccccc3)O[C@@H](CO)[C@@H]1O2. The second-order valence-electron chi connectivity index (χ2n) is 8.91. The van der Waals surface area contributed by atoms with Crippen molar-refractivity contribution < 1.29 is 24.2 Å². The number of carbonyl (C=O) groups is 2. The smallest absolute Gasteiger partial charge is 0.238 e. The van der Waals surface area contributed by atoms with E-state index >= 15 is 0 Å². The number of amides is 2. The first-order chi connectivity index (χ1) is 15.9. The quantitative estimate of drug-likeness (QED) is 0.565. The van der Waals surface area contributed by atoms with Gasteiger partial charge in [0.25, 0.3) is 0 Å². The number of hydrogen-bond donors (Lipinski definition) is 3. The normalized spacial score (nSPS) is 23.4. The summed E-state index contributed by atoms with van der Waals surface area (Å²) >= 11 is 0. The Morgan fingerprint density at radius 3 is 2.64 bits per heavy atom. The Balaban J connectivity index is 1.42. The molecule has 2 aromatic carbocycles. The van der Waals surface area contributed by atoms with Crippen molar-refractivity contribution >= 4 is 17.5 Å². The number of rotatable bonds is 8. The van der Waals surface area contributed by atoms with E-state index in [0.29, 0.717) is 25.2 Å². The van der Waals surface area contributed by atoms with Gasteiger partial charge in [0.1, 0.15) is 18.0 Å². The van der Waals surface area contributed by atoms with Crippen molar-refractivity contribution in [1.29, 1.82) is 0 Å². The zero-order valence-electron chi connectivity index (χ0n) is 19.0. The van der Waals surface area contributed by atoms with Gasteiger partial charge in [0.15, 0.2) is 0 Å². The predicted molar refractivity (Wildman–Crippen MR) is 124 cm³/mol. The van der Waals surface area contributed by atoms with E-state index in [1.54, 1.807) is 4.90 Å². The van der Waals surface area contributed by atoms with Crippen molar-refractivity contribution in [2.45, 2.75) is 43.6 Å². The molecule has 176 valence electrons. The minimum Gasteiger partial charge on any atom is -0.487 e. The monoisotopic (exact) mass is 453 g/mol. The van der Waals surface area contributed by atoms with Gasteiger partial charge in [-0.15, -0.1) is 0 Å². The summed E-state index contributed by atoms with van der Waals surface area (Å²) in [5.74, 6) is 0.516. The van der Waals surface area contributed by atoms with Gasteiger partial charge in [-0.3, -0.25) is 9.59 Å². The summed E-state index contributed by atoms with van der Waals surface area (Å²) in [6.07, 6.45) is -0.361. The van der Waals surface area contributed by atoms with E-state index in [4.69, 9.17) is 9.47 Å². The minimum absolute atomic E-state index is 0.0245. The van der Waals surface area contributed by atoms with Crippen LogP contribution in [-0.4, -0.2) is 67.4 Å². The number of anilines is 1. The fourth-order valence-corrected chi connectivity index (χ4v) is 4.53. The molecule has 2 aliphatic heterocycles. The molecule has 0 aromatic heterocycles. The summed E-state index contributed by atoms with van der Waals surface area (Å²) in [6.45, 7) is 0.563. The summed E-state index contributed by atoms with van der Waals surface area (Å²) in [6, 6.07) is 15.3. The maximum absolute atomic E-state index is 12.5. The van der Waals surface area contributed by atoms with Gasteiger partial charge in [0.05, 0.1) is 25.7 Å². The molecule has 0 aliphatic carbocycles. The number of carbonyl (C=O) groups excluding carboxylic acids is 2. The van der Waals surface area contributed by atoms with Crippen LogP contribution in [0.25, 0.3) is 0 Å². The van der Waals surface area contributed by atoms with Crippen LogP contribution >= 0.6 is 0 Å². The number of fused-ring (bicyclic) bond motifs is 3. The largest absolute Gasteiger partial charge is 0.487 e. The van der Waals surface area contributed by atoms with Crippen molar-refractivity contribution in [1.82, 2.24) is 10.2 Å². The molecule has 0 unspecified atom stereocenters. The Morgan fingerprint density at radius 1 is 1.12 bits per heavy atom. The minimum atomic E-state index is -0.519. The Labute approximate surface area is 193 Å². The topological polar surface area (TPSA) is 100 Å². The molecular formula is C25H31N3O5. The van der Waals surface area contributed by atoms with Gasteiger partial charge in [-0.25, -0.2) is 0 Å². The summed E-state index contributed by atoms with van der Waals surface area (Å²) in [5, 5.41) is 15.8. The van der Waals surface area contributed by atoms with Crippen molar-refractivity contribution in [3.8, 4) is 5.75 Å². The Morgan fingerprint density at radius 2 is 1.91 bits per heavy atom. The third-order valence-electron chi connectivity index (χ3n) is 5.99. The molecule has 1 saturated heterocycles. The molecule has 2 heterocycles. The lowest BCUT2D eigenvalue weighted by Crippen LogP contribution is -2.47. The molecule has 4 rings (SSSR count). The first-order valence-corrected chi connectivity index (χ1v) is 11.2. The van der Waals surface area contributed by atoms with E-state index in [0.717, 1.165) is 16.9 Å². The maximum Gasteiger partial charge on any atom is 0.238 e. The van der Waals surface area contributed by atoms with Gasteiger partial charge in [-0.1, -0.05) is 30.3 Å². The van der Waals surface area contributed by atoms with E-state index in [1.807, 2.05) is 62.6 Å². The molecule has 8 heteroatoms. The highest BCUT2D eigenvalue weighted by molar-refractivity contribution is 5.92. The number of likely N-dealkylation sites (N-methyl/N-ethyl adjacent to an activating group) is 1. The van der Waals surface area contributed by atoms with Gasteiger partial charge in [-0.05, 0) is 44.3 Å². The number of aliphatic hydroxyl groups is 1. The average Bonchev–Trinajstić information content (AvgIpc) is 3.15. The molecule has 4 atom stereocenters. The molecule has 0 saturated carbocycles. The van der Waals surface area contributed by atoms with Crippen LogP contribution < -0.4 is 15.4 Å². The van der Waals surface area contributed by atoms with Crippen molar-refractivity contribution in [3.63, 3.8) is 0 Å². The molecule has 2 aromatic rings. The van der Waals surface area contributed by atoms with Crippen LogP contribution in [0.15, 0.2) is 48.5 Å². The number of ether oxygens (including phenoxy) is 2. The summed E-state index contributed by atoms with van der Waals surface area (Å²) in [5.41, 5.74) is 2.71. The summed E-state index contributed by atoms with van der Waals surface area (Å²) < 4.78 is 12.1. The van der Waals surface area contributed by atoms with Crippen LogP contribution in [0.2, 0.25) is 0 Å². The molecule has 0 spiro atoms. The second-order valence-corrected chi connectivity index (χ2v) is 8.91. The molecular weight excluding hydrogens is 422 g/mol. The highest BCUT2D eigenvalue weighted by atomic mass is 16.6. The number of nitrogens with zero attached hydrogens (tertiary/aromatic N) is 1. The van der Waals surface area contributed by atoms with Gasteiger partial charge in [-0.2, -0.15) is 0 Å². The highest BCUT2D eigenvalue weighted by Crippen LogP contribution is 2.47. The fourth-order valence-electron chi connectivity index (χ4n) is 4.53. The van der Waals surface area contributed by atoms with Crippen LogP contribution in [-0.2, 0) is 20.9 Å². The van der Waals surface area contributed by atoms with Crippen molar-refractivity contribution in [2.75, 3.05) is 32.6 Å². The maximum atomic E-state index is 12.5. The van der Waals surface area contributed by atoms with Gasteiger partial charge in [0, 0.05) is 23.7 Å². The van der Waals surface area contributed by atoms with Crippen LogP contribution in [0.1, 0.15) is 29.9 Å². The van der Waals surface area contributed by atoms with Crippen LogP contribution in [0.3, 0.4) is 0 Å². The van der Waals surface area contributed by atoms with Crippen LogP contribution in [0, 0.1) is 0 Å². The van der Waals surface area contributed by atoms with E-state index < -0.39 is 6.10 Å². The summed E-state index contributed by atoms with van der Waals surface area (Å²) in [7, 11) is 3.68. The van der Waals surface area contributed by atoms with Crippen LogP contribution in [0.5, 0.6) is 5.75 Å². The highest BCUT2D eigenvalue weighted by Gasteiger charge is 2.46.